The number of urea groups is 1. The summed E-state index contributed by atoms with van der Waals surface area (Å²) in [5.41, 5.74) is 4.81. The molecule has 1 unspecified atom stereocenters. The number of ether oxygens (including phenoxy) is 3. The Labute approximate surface area is 112 Å². The second-order valence-corrected chi connectivity index (χ2v) is 4.21. The number of amides is 2. The van der Waals surface area contributed by atoms with Gasteiger partial charge >= 0.3 is 12.0 Å². The summed E-state index contributed by atoms with van der Waals surface area (Å²) in [6, 6.07) is -0.848. The molecule has 4 atom stereocenters. The van der Waals surface area contributed by atoms with Crippen LogP contribution < -0.4 is 11.1 Å². The first-order valence-corrected chi connectivity index (χ1v) is 5.74. The lowest BCUT2D eigenvalue weighted by Gasteiger charge is -2.16. The van der Waals surface area contributed by atoms with Crippen molar-refractivity contribution in [2.24, 2.45) is 5.73 Å². The highest BCUT2D eigenvalue weighted by Crippen LogP contribution is 2.30. The Balaban J connectivity index is 1.83. The van der Waals surface area contributed by atoms with Gasteiger partial charge in [-0.05, 0) is 0 Å². The first-order chi connectivity index (χ1) is 9.47. The SMILES string of the molecule is NC(=O)NCC(=O)O[C@H]1CO[C@@H]2C(O[N+](=O)[O-])CO[C@H]12. The highest BCUT2D eigenvalue weighted by atomic mass is 17.0. The first-order valence-electron chi connectivity index (χ1n) is 5.74. The van der Waals surface area contributed by atoms with Crippen molar-refractivity contribution in [2.45, 2.75) is 24.4 Å². The van der Waals surface area contributed by atoms with Gasteiger partial charge in [0.2, 0.25) is 0 Å². The molecule has 2 amide bonds. The second kappa shape index (κ2) is 5.88. The molecular formula is C9H13N3O8. The van der Waals surface area contributed by atoms with Crippen molar-refractivity contribution in [3.05, 3.63) is 10.1 Å². The fourth-order valence-electron chi connectivity index (χ4n) is 2.10. The van der Waals surface area contributed by atoms with Gasteiger partial charge in [0, 0.05) is 0 Å². The van der Waals surface area contributed by atoms with Gasteiger partial charge in [-0.1, -0.05) is 0 Å². The molecule has 112 valence electrons. The molecule has 11 nitrogen and oxygen atoms in total. The summed E-state index contributed by atoms with van der Waals surface area (Å²) >= 11 is 0. The Hall–Kier alpha value is -2.14. The Bertz CT molecular complexity index is 416. The second-order valence-electron chi connectivity index (χ2n) is 4.21. The summed E-state index contributed by atoms with van der Waals surface area (Å²) in [7, 11) is 0. The number of carbonyl (C=O) groups excluding carboxylic acids is 2. The van der Waals surface area contributed by atoms with E-state index < -0.39 is 41.5 Å². The molecule has 2 aliphatic heterocycles. The summed E-state index contributed by atoms with van der Waals surface area (Å²) in [6.45, 7) is -0.364. The average Bonchev–Trinajstić information content (AvgIpc) is 2.91. The third-order valence-electron chi connectivity index (χ3n) is 2.87. The molecule has 20 heavy (non-hydrogen) atoms. The number of nitrogens with zero attached hydrogens (tertiary/aromatic N) is 1. The minimum absolute atomic E-state index is 0.0239. The van der Waals surface area contributed by atoms with Crippen LogP contribution in [-0.2, 0) is 23.8 Å². The van der Waals surface area contributed by atoms with E-state index in [1.165, 1.54) is 0 Å². The maximum atomic E-state index is 11.4. The molecule has 0 aromatic carbocycles. The van der Waals surface area contributed by atoms with Gasteiger partial charge < -0.3 is 30.1 Å². The quantitative estimate of drug-likeness (QED) is 0.333. The molecule has 2 rings (SSSR count). The number of hydrogen-bond acceptors (Lipinski definition) is 8. The van der Waals surface area contributed by atoms with Gasteiger partial charge in [0.15, 0.2) is 12.2 Å². The monoisotopic (exact) mass is 291 g/mol. The summed E-state index contributed by atoms with van der Waals surface area (Å²) in [4.78, 5) is 36.6. The van der Waals surface area contributed by atoms with Crippen LogP contribution in [0.4, 0.5) is 4.79 Å². The predicted molar refractivity (Wildman–Crippen MR) is 58.8 cm³/mol. The van der Waals surface area contributed by atoms with Crippen LogP contribution in [0.25, 0.3) is 0 Å². The summed E-state index contributed by atoms with van der Waals surface area (Å²) in [6.07, 6.45) is -2.84. The molecular weight excluding hydrogens is 278 g/mol. The van der Waals surface area contributed by atoms with Gasteiger partial charge in [-0.25, -0.2) is 4.79 Å². The lowest BCUT2D eigenvalue weighted by atomic mass is 10.1. The summed E-state index contributed by atoms with van der Waals surface area (Å²) in [5.74, 6) is -0.708. The fraction of sp³-hybridized carbons (Fsp3) is 0.778. The van der Waals surface area contributed by atoms with E-state index >= 15 is 0 Å². The van der Waals surface area contributed by atoms with Crippen LogP contribution in [0.2, 0.25) is 0 Å². The van der Waals surface area contributed by atoms with Crippen molar-refractivity contribution in [3.8, 4) is 0 Å². The largest absolute Gasteiger partial charge is 0.456 e. The van der Waals surface area contributed by atoms with Crippen LogP contribution in [0, 0.1) is 10.1 Å². The molecule has 0 radical (unpaired) electrons. The van der Waals surface area contributed by atoms with Crippen molar-refractivity contribution in [1.82, 2.24) is 5.32 Å². The van der Waals surface area contributed by atoms with Gasteiger partial charge in [0.05, 0.1) is 13.2 Å². The van der Waals surface area contributed by atoms with Gasteiger partial charge in [0.25, 0.3) is 5.09 Å². The van der Waals surface area contributed by atoms with Gasteiger partial charge in [-0.15, -0.1) is 10.1 Å². The number of fused-ring (bicyclic) bond motifs is 1. The van der Waals surface area contributed by atoms with Gasteiger partial charge in [0.1, 0.15) is 18.8 Å². The van der Waals surface area contributed by atoms with Crippen molar-refractivity contribution >= 4 is 12.0 Å². The third-order valence-corrected chi connectivity index (χ3v) is 2.87. The van der Waals surface area contributed by atoms with Crippen molar-refractivity contribution < 1.29 is 33.7 Å². The van der Waals surface area contributed by atoms with E-state index in [1.807, 2.05) is 0 Å². The zero-order valence-corrected chi connectivity index (χ0v) is 10.2. The lowest BCUT2D eigenvalue weighted by molar-refractivity contribution is -0.769. The van der Waals surface area contributed by atoms with E-state index in [9.17, 15) is 19.7 Å². The Morgan fingerprint density at radius 1 is 1.30 bits per heavy atom. The van der Waals surface area contributed by atoms with Crippen molar-refractivity contribution in [1.29, 1.82) is 0 Å². The van der Waals surface area contributed by atoms with Gasteiger partial charge in [-0.2, -0.15) is 0 Å². The van der Waals surface area contributed by atoms with Crippen LogP contribution in [0.15, 0.2) is 0 Å². The Kier molecular flexibility index (Phi) is 4.20. The van der Waals surface area contributed by atoms with Crippen LogP contribution in [0.3, 0.4) is 0 Å². The fourth-order valence-corrected chi connectivity index (χ4v) is 2.10. The van der Waals surface area contributed by atoms with E-state index in [4.69, 9.17) is 19.9 Å². The molecule has 0 aromatic rings. The standard InChI is InChI=1S/C9H13N3O8/c10-9(14)11-1-6(13)19-4-2-17-8-5(20-12(15)16)3-18-7(4)8/h4-5,7-8H,1-3H2,(H3,10,11,14)/t4-,5?,7+,8+/m0/s1. The van der Waals surface area contributed by atoms with E-state index in [2.05, 4.69) is 10.2 Å². The first kappa shape index (κ1) is 14.3. The molecule has 0 spiro atoms. The maximum absolute atomic E-state index is 11.4. The minimum Gasteiger partial charge on any atom is -0.456 e. The molecule has 3 N–H and O–H groups in total. The molecule has 0 saturated carbocycles. The van der Waals surface area contributed by atoms with E-state index in [1.54, 1.807) is 0 Å². The van der Waals surface area contributed by atoms with Crippen LogP contribution >= 0.6 is 0 Å². The third kappa shape index (κ3) is 3.24. The number of nitrogens with two attached hydrogens (primary N) is 1. The molecule has 0 aliphatic carbocycles. The number of rotatable bonds is 5. The summed E-state index contributed by atoms with van der Waals surface area (Å²) in [5, 5.41) is 11.4. The Morgan fingerprint density at radius 3 is 2.50 bits per heavy atom. The molecule has 0 aromatic heterocycles. The van der Waals surface area contributed by atoms with E-state index in [0.29, 0.717) is 0 Å². The van der Waals surface area contributed by atoms with Crippen LogP contribution in [-0.4, -0.2) is 61.3 Å². The van der Waals surface area contributed by atoms with E-state index in [-0.39, 0.29) is 19.8 Å². The smallest absolute Gasteiger partial charge is 0.325 e. The maximum Gasteiger partial charge on any atom is 0.325 e. The minimum atomic E-state index is -0.921. The molecule has 0 bridgehead atoms. The zero-order valence-electron chi connectivity index (χ0n) is 10.2. The van der Waals surface area contributed by atoms with Crippen molar-refractivity contribution in [2.75, 3.05) is 19.8 Å². The topological polar surface area (TPSA) is 152 Å². The van der Waals surface area contributed by atoms with Crippen LogP contribution in [0.1, 0.15) is 0 Å². The van der Waals surface area contributed by atoms with Crippen LogP contribution in [0.5, 0.6) is 0 Å². The number of hydrogen-bond donors (Lipinski definition) is 2. The Morgan fingerprint density at radius 2 is 1.90 bits per heavy atom. The lowest BCUT2D eigenvalue weighted by Crippen LogP contribution is -2.39. The number of carbonyl (C=O) groups is 2. The molecule has 2 aliphatic rings. The molecule has 2 saturated heterocycles. The zero-order chi connectivity index (χ0) is 14.7. The van der Waals surface area contributed by atoms with Crippen molar-refractivity contribution in [3.63, 3.8) is 0 Å². The highest BCUT2D eigenvalue weighted by Gasteiger charge is 2.51. The number of nitrogens with one attached hydrogen (secondary N) is 1. The predicted octanol–water partition coefficient (Wildman–Crippen LogP) is -2.06. The number of esters is 1. The summed E-state index contributed by atoms with van der Waals surface area (Å²) < 4.78 is 15.6. The average molecular weight is 291 g/mol. The molecule has 2 fully saturated rings. The number of primary amides is 1. The molecule has 2 heterocycles. The highest BCUT2D eigenvalue weighted by molar-refractivity contribution is 5.79. The van der Waals surface area contributed by atoms with Gasteiger partial charge in [-0.3, -0.25) is 4.79 Å². The molecule has 11 heteroatoms. The van der Waals surface area contributed by atoms with E-state index in [0.717, 1.165) is 0 Å². The normalized spacial score (nSPS) is 31.4.